The molecule has 0 saturated carbocycles. The van der Waals surface area contributed by atoms with Crippen molar-refractivity contribution in [1.29, 1.82) is 0 Å². The van der Waals surface area contributed by atoms with Gasteiger partial charge >= 0.3 is 23.9 Å². The van der Waals surface area contributed by atoms with E-state index >= 15 is 0 Å². The molecule has 9 atom stereocenters. The molecule has 21 nitrogen and oxygen atoms in total. The van der Waals surface area contributed by atoms with Gasteiger partial charge in [-0.15, -0.1) is 0 Å². The van der Waals surface area contributed by atoms with Crippen LogP contribution in [0.5, 0.6) is 34.5 Å². The second-order valence-electron chi connectivity index (χ2n) is 14.2. The van der Waals surface area contributed by atoms with E-state index < -0.39 is 98.5 Å². The summed E-state index contributed by atoms with van der Waals surface area (Å²) in [7, 11) is 3.98. The number of aliphatic hydroxyl groups excluding tert-OH is 4. The summed E-state index contributed by atoms with van der Waals surface area (Å²) in [6.07, 6.45) is -8.26. The standard InChI is InChI=1S/C44H48O21/c1-23(46)59-21-34-41(62-36(51)15-9-25-6-12-28(48)31(18-25)57-3)39(54)40(55)43(61-34)65-44(22-45)42(63-37(52)16-10-26-7-13-29(49)32(19-26)58-4)38(53)33(64-44)20-60-35(50)14-8-24-5-11-27(47)30(17-24)56-2/h5-19,33-34,38-43,45,47-49,53-55H,20-22H2,1-4H3/t33-,34-,38-,39-,40-,41-,42+,43-,44+/m1/s1. The van der Waals surface area contributed by atoms with Gasteiger partial charge in [0.1, 0.15) is 50.3 Å². The number of methoxy groups -OCH3 is 3. The van der Waals surface area contributed by atoms with Crippen LogP contribution in [0.15, 0.2) is 72.8 Å². The molecule has 0 amide bonds. The molecule has 2 fully saturated rings. The Morgan fingerprint density at radius 2 is 1.09 bits per heavy atom. The molecule has 0 radical (unpaired) electrons. The number of benzene rings is 3. The normalized spacial score (nSPS) is 25.4. The fourth-order valence-electron chi connectivity index (χ4n) is 6.52. The van der Waals surface area contributed by atoms with Gasteiger partial charge < -0.3 is 83.1 Å². The van der Waals surface area contributed by atoms with Gasteiger partial charge in [-0.25, -0.2) is 14.4 Å². The molecule has 0 aliphatic carbocycles. The van der Waals surface area contributed by atoms with E-state index in [-0.39, 0.29) is 34.5 Å². The number of aromatic hydroxyl groups is 3. The first-order chi connectivity index (χ1) is 31.0. The van der Waals surface area contributed by atoms with Crippen LogP contribution >= 0.6 is 0 Å². The quantitative estimate of drug-likeness (QED) is 0.0534. The van der Waals surface area contributed by atoms with Crippen LogP contribution < -0.4 is 14.2 Å². The van der Waals surface area contributed by atoms with Gasteiger partial charge in [-0.05, 0) is 71.3 Å². The number of hydrogen-bond donors (Lipinski definition) is 7. The maximum absolute atomic E-state index is 13.3. The summed E-state index contributed by atoms with van der Waals surface area (Å²) in [5.74, 6) is -6.73. The Morgan fingerprint density at radius 1 is 0.631 bits per heavy atom. The molecule has 2 saturated heterocycles. The highest BCUT2D eigenvalue weighted by molar-refractivity contribution is 5.88. The predicted octanol–water partition coefficient (Wildman–Crippen LogP) is 1.11. The Hall–Kier alpha value is -6.72. The highest BCUT2D eigenvalue weighted by Gasteiger charge is 2.61. The molecule has 2 aliphatic rings. The third-order valence-corrected chi connectivity index (χ3v) is 9.84. The number of phenols is 3. The van der Waals surface area contributed by atoms with Gasteiger partial charge in [0.25, 0.3) is 0 Å². The first-order valence-electron chi connectivity index (χ1n) is 19.5. The molecule has 0 aromatic heterocycles. The first kappa shape index (κ1) is 49.3. The zero-order valence-electron chi connectivity index (χ0n) is 35.2. The second-order valence-corrected chi connectivity index (χ2v) is 14.2. The van der Waals surface area contributed by atoms with Crippen LogP contribution in [0.4, 0.5) is 0 Å². The second kappa shape index (κ2) is 22.3. The molecule has 65 heavy (non-hydrogen) atoms. The highest BCUT2D eigenvalue weighted by atomic mass is 16.8. The largest absolute Gasteiger partial charge is 0.504 e. The smallest absolute Gasteiger partial charge is 0.331 e. The Bertz CT molecular complexity index is 2250. The Labute approximate surface area is 370 Å². The van der Waals surface area contributed by atoms with E-state index in [1.54, 1.807) is 0 Å². The van der Waals surface area contributed by atoms with Crippen LogP contribution in [0.2, 0.25) is 0 Å². The molecule has 21 heteroatoms. The van der Waals surface area contributed by atoms with Crippen molar-refractivity contribution in [3.63, 3.8) is 0 Å². The van der Waals surface area contributed by atoms with Crippen LogP contribution in [0.1, 0.15) is 23.6 Å². The van der Waals surface area contributed by atoms with Crippen molar-refractivity contribution in [2.45, 2.75) is 61.7 Å². The molecule has 5 rings (SSSR count). The van der Waals surface area contributed by atoms with Crippen LogP contribution in [0.3, 0.4) is 0 Å². The van der Waals surface area contributed by atoms with Crippen molar-refractivity contribution in [2.24, 2.45) is 0 Å². The van der Waals surface area contributed by atoms with Crippen molar-refractivity contribution in [2.75, 3.05) is 41.2 Å². The maximum Gasteiger partial charge on any atom is 0.331 e. The highest BCUT2D eigenvalue weighted by Crippen LogP contribution is 2.39. The molecule has 3 aromatic rings. The van der Waals surface area contributed by atoms with Crippen molar-refractivity contribution in [3.8, 4) is 34.5 Å². The lowest BCUT2D eigenvalue weighted by atomic mass is 9.98. The summed E-state index contributed by atoms with van der Waals surface area (Å²) in [5, 5.41) is 74.7. The fraction of sp³-hybridized carbons (Fsp3) is 0.364. The molecular formula is C44H48O21. The lowest BCUT2D eigenvalue weighted by Gasteiger charge is -2.44. The number of phenolic OH excluding ortho intramolecular Hbond substituents is 3. The summed E-state index contributed by atoms with van der Waals surface area (Å²) in [6.45, 7) is -1.60. The zero-order valence-corrected chi connectivity index (χ0v) is 35.2. The average Bonchev–Trinajstić information content (AvgIpc) is 3.55. The summed E-state index contributed by atoms with van der Waals surface area (Å²) in [6, 6.07) is 12.6. The first-order valence-corrected chi connectivity index (χ1v) is 19.5. The summed E-state index contributed by atoms with van der Waals surface area (Å²) < 4.78 is 54.2. The zero-order chi connectivity index (χ0) is 47.4. The van der Waals surface area contributed by atoms with Crippen molar-refractivity contribution >= 4 is 42.1 Å². The van der Waals surface area contributed by atoms with E-state index in [2.05, 4.69) is 0 Å². The Balaban J connectivity index is 1.38. The molecule has 350 valence electrons. The van der Waals surface area contributed by atoms with E-state index in [1.165, 1.54) is 94.2 Å². The van der Waals surface area contributed by atoms with Crippen molar-refractivity contribution in [3.05, 3.63) is 89.5 Å². The summed E-state index contributed by atoms with van der Waals surface area (Å²) >= 11 is 0. The van der Waals surface area contributed by atoms with Gasteiger partial charge in [-0.1, -0.05) is 18.2 Å². The van der Waals surface area contributed by atoms with Gasteiger partial charge in [-0.2, -0.15) is 0 Å². The molecule has 0 spiro atoms. The van der Waals surface area contributed by atoms with Crippen LogP contribution in [0, 0.1) is 0 Å². The fourth-order valence-corrected chi connectivity index (χ4v) is 6.52. The Kier molecular flexibility index (Phi) is 16.9. The van der Waals surface area contributed by atoms with Crippen LogP contribution in [-0.2, 0) is 52.3 Å². The number of carbonyl (C=O) groups excluding carboxylic acids is 4. The molecule has 0 unspecified atom stereocenters. The third kappa shape index (κ3) is 12.5. The van der Waals surface area contributed by atoms with Crippen LogP contribution in [-0.4, -0.2) is 156 Å². The average molecular weight is 913 g/mol. The molecule has 7 N–H and O–H groups in total. The van der Waals surface area contributed by atoms with E-state index in [4.69, 9.17) is 47.4 Å². The summed E-state index contributed by atoms with van der Waals surface area (Å²) in [5.41, 5.74) is 1.21. The summed E-state index contributed by atoms with van der Waals surface area (Å²) in [4.78, 5) is 50.9. The minimum atomic E-state index is -2.64. The maximum atomic E-state index is 13.3. The van der Waals surface area contributed by atoms with Gasteiger partial charge in [0.2, 0.25) is 5.79 Å². The van der Waals surface area contributed by atoms with Gasteiger partial charge in [0.15, 0.2) is 53.0 Å². The van der Waals surface area contributed by atoms with Gasteiger partial charge in [0, 0.05) is 25.2 Å². The molecule has 3 aromatic carbocycles. The lowest BCUT2D eigenvalue weighted by molar-refractivity contribution is -0.383. The number of carbonyl (C=O) groups is 4. The number of hydrogen-bond acceptors (Lipinski definition) is 21. The Morgan fingerprint density at radius 3 is 1.55 bits per heavy atom. The predicted molar refractivity (Wildman–Crippen MR) is 221 cm³/mol. The topological polar surface area (TPSA) is 302 Å². The van der Waals surface area contributed by atoms with Crippen molar-refractivity contribution in [1.82, 2.24) is 0 Å². The van der Waals surface area contributed by atoms with E-state index in [9.17, 15) is 54.9 Å². The van der Waals surface area contributed by atoms with Crippen molar-refractivity contribution < 1.29 is 102 Å². The monoisotopic (exact) mass is 912 g/mol. The number of ether oxygens (including phenoxy) is 10. The SMILES string of the molecule is COc1cc(C=CC(=O)OC[C@H]2O[C@@](CO)(O[C@H]3O[C@H](COC(C)=O)[C@@H](OC(=O)C=Cc4ccc(O)c(OC)c4)[C@H](O)[C@H]3O)[C@@H](OC(=O)C=Cc3ccc(O)c(OC)c3)[C@@H]2O)ccc1O. The number of aliphatic hydroxyl groups is 4. The minimum Gasteiger partial charge on any atom is -0.504 e. The third-order valence-electron chi connectivity index (χ3n) is 9.84. The molecular weight excluding hydrogens is 864 g/mol. The van der Waals surface area contributed by atoms with E-state index in [0.717, 1.165) is 25.2 Å². The lowest BCUT2D eigenvalue weighted by Crippen LogP contribution is -2.64. The number of rotatable bonds is 18. The van der Waals surface area contributed by atoms with E-state index in [0.29, 0.717) is 16.7 Å². The van der Waals surface area contributed by atoms with E-state index in [1.807, 2.05) is 0 Å². The molecule has 2 heterocycles. The molecule has 0 bridgehead atoms. The van der Waals surface area contributed by atoms with Gasteiger partial charge in [0.05, 0.1) is 21.3 Å². The van der Waals surface area contributed by atoms with Gasteiger partial charge in [-0.3, -0.25) is 4.79 Å². The van der Waals surface area contributed by atoms with Crippen LogP contribution in [0.25, 0.3) is 18.2 Å². The minimum absolute atomic E-state index is 0.0895. The number of esters is 4. The molecule has 2 aliphatic heterocycles.